The number of rotatable bonds is 6. The molecule has 0 radical (unpaired) electrons. The molecule has 0 heterocycles. The molecule has 1 N–H and O–H groups in total. The molecule has 1 amide bonds. The van der Waals surface area contributed by atoms with Gasteiger partial charge in [-0.15, -0.1) is 0 Å². The topological polar surface area (TPSA) is 89.5 Å². The Morgan fingerprint density at radius 2 is 1.54 bits per heavy atom. The average molecular weight is 374 g/mol. The molecule has 8 heteroatoms. The average Bonchev–Trinajstić information content (AvgIpc) is 2.46. The molecular formula is C16H17Cl2NO5. The van der Waals surface area contributed by atoms with Crippen molar-refractivity contribution in [2.24, 2.45) is 0 Å². The maximum atomic E-state index is 12.0. The van der Waals surface area contributed by atoms with Crippen LogP contribution in [0.4, 0.5) is 5.69 Å². The van der Waals surface area contributed by atoms with Crippen molar-refractivity contribution < 1.29 is 23.9 Å². The van der Waals surface area contributed by atoms with Crippen molar-refractivity contribution in [3.05, 3.63) is 27.8 Å². The first-order chi connectivity index (χ1) is 11.1. The summed E-state index contributed by atoms with van der Waals surface area (Å²) in [6.07, 6.45) is 0.384. The van der Waals surface area contributed by atoms with Crippen LogP contribution in [0, 0.1) is 13.8 Å². The summed E-state index contributed by atoms with van der Waals surface area (Å²) in [5, 5.41) is 1.05. The third-order valence-electron chi connectivity index (χ3n) is 3.52. The van der Waals surface area contributed by atoms with E-state index in [1.165, 1.54) is 6.92 Å². The van der Waals surface area contributed by atoms with E-state index in [0.717, 1.165) is 0 Å². The van der Waals surface area contributed by atoms with Gasteiger partial charge in [0, 0.05) is 23.7 Å². The zero-order chi connectivity index (χ0) is 18.6. The van der Waals surface area contributed by atoms with E-state index in [9.17, 15) is 19.2 Å². The number of hydrogen-bond donors (Lipinski definition) is 1. The number of carbonyl (C=O) groups is 4. The molecule has 0 aliphatic rings. The molecule has 130 valence electrons. The van der Waals surface area contributed by atoms with Crippen LogP contribution in [0.5, 0.6) is 0 Å². The quantitative estimate of drug-likeness (QED) is 0.610. The molecule has 0 saturated heterocycles. The molecule has 0 aliphatic heterocycles. The van der Waals surface area contributed by atoms with Crippen molar-refractivity contribution in [3.8, 4) is 0 Å². The number of nitrogens with one attached hydrogen (secondary N) is 1. The largest absolute Gasteiger partial charge is 0.456 e. The fourth-order valence-corrected chi connectivity index (χ4v) is 3.07. The molecule has 0 unspecified atom stereocenters. The number of hydrogen-bond acceptors (Lipinski definition) is 5. The van der Waals surface area contributed by atoms with Gasteiger partial charge in [0.25, 0.3) is 16.4 Å². The fraction of sp³-hybridized carbons (Fsp3) is 0.375. The van der Waals surface area contributed by atoms with Crippen LogP contribution in [0.2, 0.25) is 0 Å². The highest BCUT2D eigenvalue weighted by Gasteiger charge is 2.25. The van der Waals surface area contributed by atoms with Gasteiger partial charge in [0.2, 0.25) is 0 Å². The van der Waals surface area contributed by atoms with Gasteiger partial charge in [-0.3, -0.25) is 19.2 Å². The molecule has 24 heavy (non-hydrogen) atoms. The Kier molecular flexibility index (Phi) is 6.93. The van der Waals surface area contributed by atoms with Crippen LogP contribution in [-0.4, -0.2) is 29.0 Å². The summed E-state index contributed by atoms with van der Waals surface area (Å²) >= 11 is 11.3. The van der Waals surface area contributed by atoms with Crippen LogP contribution in [0.3, 0.4) is 0 Å². The van der Waals surface area contributed by atoms with E-state index in [4.69, 9.17) is 23.2 Å². The van der Waals surface area contributed by atoms with Crippen LogP contribution < -0.4 is 5.32 Å². The van der Waals surface area contributed by atoms with Crippen molar-refractivity contribution in [3.63, 3.8) is 0 Å². The minimum atomic E-state index is -0.762. The Morgan fingerprint density at radius 3 is 1.96 bits per heavy atom. The van der Waals surface area contributed by atoms with E-state index in [2.05, 4.69) is 10.1 Å². The first-order valence-electron chi connectivity index (χ1n) is 7.10. The summed E-state index contributed by atoms with van der Waals surface area (Å²) in [7, 11) is 0. The maximum absolute atomic E-state index is 12.0. The van der Waals surface area contributed by atoms with E-state index in [-0.39, 0.29) is 16.8 Å². The highest BCUT2D eigenvalue weighted by Crippen LogP contribution is 2.34. The summed E-state index contributed by atoms with van der Waals surface area (Å²) in [5.74, 6) is -1.21. The summed E-state index contributed by atoms with van der Waals surface area (Å²) in [5.41, 5.74) is 1.79. The van der Waals surface area contributed by atoms with E-state index in [0.29, 0.717) is 23.1 Å². The minimum Gasteiger partial charge on any atom is -0.456 e. The van der Waals surface area contributed by atoms with Crippen LogP contribution in [0.1, 0.15) is 51.3 Å². The number of benzene rings is 1. The lowest BCUT2D eigenvalue weighted by Gasteiger charge is -2.20. The van der Waals surface area contributed by atoms with Gasteiger partial charge in [0.05, 0.1) is 0 Å². The Bertz CT molecular complexity index is 728. The van der Waals surface area contributed by atoms with Crippen molar-refractivity contribution in [1.82, 2.24) is 0 Å². The predicted molar refractivity (Wildman–Crippen MR) is 90.9 cm³/mol. The summed E-state index contributed by atoms with van der Waals surface area (Å²) in [6.45, 7) is 5.64. The Balaban J connectivity index is 3.52. The number of anilines is 1. The van der Waals surface area contributed by atoms with E-state index < -0.39 is 29.0 Å². The third kappa shape index (κ3) is 4.33. The normalized spacial score (nSPS) is 10.2. The van der Waals surface area contributed by atoms with Gasteiger partial charge in [0.15, 0.2) is 6.61 Å². The van der Waals surface area contributed by atoms with Gasteiger partial charge in [-0.05, 0) is 60.2 Å². The van der Waals surface area contributed by atoms with Crippen LogP contribution in [0.15, 0.2) is 0 Å². The van der Waals surface area contributed by atoms with Crippen molar-refractivity contribution in [1.29, 1.82) is 0 Å². The molecule has 0 spiro atoms. The zero-order valence-electron chi connectivity index (χ0n) is 13.7. The third-order valence-corrected chi connectivity index (χ3v) is 3.90. The molecule has 0 aromatic heterocycles. The highest BCUT2D eigenvalue weighted by molar-refractivity contribution is 6.69. The monoisotopic (exact) mass is 373 g/mol. The van der Waals surface area contributed by atoms with Crippen molar-refractivity contribution in [2.75, 3.05) is 11.9 Å². The standard InChI is InChI=1S/C16H17Cl2NO5/c1-5-10-13(16(18)23)7(2)12(15(17)22)8(3)14(10)19-11(21)6-24-9(4)20/h5-6H2,1-4H3,(H,19,21). The lowest BCUT2D eigenvalue weighted by atomic mass is 9.90. The molecule has 1 rings (SSSR count). The number of carbonyl (C=O) groups excluding carboxylic acids is 4. The molecule has 6 nitrogen and oxygen atoms in total. The first kappa shape index (κ1) is 20.1. The highest BCUT2D eigenvalue weighted by atomic mass is 35.5. The number of halogens is 2. The van der Waals surface area contributed by atoms with Crippen LogP contribution >= 0.6 is 23.2 Å². The van der Waals surface area contributed by atoms with E-state index in [1.54, 1.807) is 20.8 Å². The van der Waals surface area contributed by atoms with E-state index >= 15 is 0 Å². The van der Waals surface area contributed by atoms with Gasteiger partial charge in [0.1, 0.15) is 0 Å². The second-order valence-electron chi connectivity index (χ2n) is 5.08. The SMILES string of the molecule is CCc1c(NC(=O)COC(C)=O)c(C)c(C(=O)Cl)c(C)c1C(=O)Cl. The molecule has 0 fully saturated rings. The summed E-state index contributed by atoms with van der Waals surface area (Å²) < 4.78 is 4.63. The molecule has 1 aromatic carbocycles. The fourth-order valence-electron chi connectivity index (χ4n) is 2.54. The Hall–Kier alpha value is -1.92. The van der Waals surface area contributed by atoms with E-state index in [1.807, 2.05) is 0 Å². The Morgan fingerprint density at radius 1 is 1.00 bits per heavy atom. The van der Waals surface area contributed by atoms with Gasteiger partial charge >= 0.3 is 5.97 Å². The van der Waals surface area contributed by atoms with Gasteiger partial charge in [-0.1, -0.05) is 6.92 Å². The number of amides is 1. The van der Waals surface area contributed by atoms with Gasteiger partial charge in [-0.2, -0.15) is 0 Å². The summed E-state index contributed by atoms with van der Waals surface area (Å²) in [6, 6.07) is 0. The predicted octanol–water partition coefficient (Wildman–Crippen LogP) is 3.13. The van der Waals surface area contributed by atoms with Crippen LogP contribution in [0.25, 0.3) is 0 Å². The van der Waals surface area contributed by atoms with Crippen molar-refractivity contribution in [2.45, 2.75) is 34.1 Å². The minimum absolute atomic E-state index is 0.112. The second-order valence-corrected chi connectivity index (χ2v) is 5.77. The molecule has 0 saturated carbocycles. The number of esters is 1. The number of ether oxygens (including phenoxy) is 1. The lowest BCUT2D eigenvalue weighted by Crippen LogP contribution is -2.23. The molecule has 0 atom stereocenters. The smallest absolute Gasteiger partial charge is 0.303 e. The molecular weight excluding hydrogens is 357 g/mol. The molecule has 0 aliphatic carbocycles. The first-order valence-corrected chi connectivity index (χ1v) is 7.86. The summed E-state index contributed by atoms with van der Waals surface area (Å²) in [4.78, 5) is 46.3. The van der Waals surface area contributed by atoms with Gasteiger partial charge in [-0.25, -0.2) is 0 Å². The molecule has 0 bridgehead atoms. The van der Waals surface area contributed by atoms with Gasteiger partial charge < -0.3 is 10.1 Å². The zero-order valence-corrected chi connectivity index (χ0v) is 15.2. The Labute approximate surface area is 149 Å². The second kappa shape index (κ2) is 8.26. The maximum Gasteiger partial charge on any atom is 0.303 e. The van der Waals surface area contributed by atoms with Crippen LogP contribution in [-0.2, 0) is 20.7 Å². The lowest BCUT2D eigenvalue weighted by molar-refractivity contribution is -0.144. The molecule has 1 aromatic rings. The van der Waals surface area contributed by atoms with Crippen molar-refractivity contribution >= 4 is 51.3 Å².